The third-order valence-corrected chi connectivity index (χ3v) is 6.09. The van der Waals surface area contributed by atoms with Crippen molar-refractivity contribution in [3.8, 4) is 11.4 Å². The number of hydrogen-bond acceptors (Lipinski definition) is 0. The average Bonchev–Trinajstić information content (AvgIpc) is 2.89. The van der Waals surface area contributed by atoms with Crippen LogP contribution >= 0.6 is 0 Å². The van der Waals surface area contributed by atoms with Gasteiger partial charge in [-0.1, -0.05) is 45.9 Å². The quantitative estimate of drug-likeness (QED) is 0.543. The number of aryl methyl sites for hydroxylation is 4. The third kappa shape index (κ3) is 2.50. The fraction of sp³-hybridized carbons (Fsp3) is 0.458. The summed E-state index contributed by atoms with van der Waals surface area (Å²) < 4.78 is 4.99. The second-order valence-corrected chi connectivity index (χ2v) is 8.52. The lowest BCUT2D eigenvalue weighted by molar-refractivity contribution is -0.664. The van der Waals surface area contributed by atoms with E-state index in [9.17, 15) is 0 Å². The molecule has 0 atom stereocenters. The molecule has 0 unspecified atom stereocenters. The van der Waals surface area contributed by atoms with Crippen molar-refractivity contribution in [3.63, 3.8) is 0 Å². The molecule has 0 aliphatic carbocycles. The van der Waals surface area contributed by atoms with Gasteiger partial charge in [-0.2, -0.15) is 0 Å². The van der Waals surface area contributed by atoms with Crippen molar-refractivity contribution in [2.45, 2.75) is 65.8 Å². The molecule has 2 heterocycles. The molecule has 26 heavy (non-hydrogen) atoms. The first-order chi connectivity index (χ1) is 12.4. The lowest BCUT2D eigenvalue weighted by Crippen LogP contribution is -2.39. The van der Waals surface area contributed by atoms with E-state index < -0.39 is 0 Å². The molecule has 0 bridgehead atoms. The van der Waals surface area contributed by atoms with Gasteiger partial charge in [-0.25, -0.2) is 9.13 Å². The van der Waals surface area contributed by atoms with Crippen LogP contribution in [0.1, 0.15) is 68.2 Å². The average molecular weight is 348 g/mol. The highest BCUT2D eigenvalue weighted by atomic mass is 15.2. The van der Waals surface area contributed by atoms with Crippen LogP contribution in [-0.4, -0.2) is 4.57 Å². The summed E-state index contributed by atoms with van der Waals surface area (Å²) in [7, 11) is 2.23. The minimum atomic E-state index is 0.571. The van der Waals surface area contributed by atoms with Gasteiger partial charge in [0.2, 0.25) is 0 Å². The third-order valence-electron chi connectivity index (χ3n) is 6.09. The summed E-state index contributed by atoms with van der Waals surface area (Å²) in [4.78, 5) is 0. The van der Waals surface area contributed by atoms with Crippen LogP contribution in [0.2, 0.25) is 0 Å². The van der Waals surface area contributed by atoms with Crippen LogP contribution in [0.15, 0.2) is 30.3 Å². The first-order valence-corrected chi connectivity index (χ1v) is 10.0. The Hall–Kier alpha value is -2.09. The van der Waals surface area contributed by atoms with Crippen LogP contribution in [0.5, 0.6) is 0 Å². The Balaban J connectivity index is 2.01. The predicted molar refractivity (Wildman–Crippen MR) is 110 cm³/mol. The smallest absolute Gasteiger partial charge is 0.226 e. The first-order valence-electron chi connectivity index (χ1n) is 10.0. The fourth-order valence-corrected chi connectivity index (χ4v) is 4.67. The minimum absolute atomic E-state index is 0.571. The summed E-state index contributed by atoms with van der Waals surface area (Å²) in [5, 5.41) is 0. The van der Waals surface area contributed by atoms with Gasteiger partial charge in [-0.3, -0.25) is 0 Å². The largest absolute Gasteiger partial charge is 0.289 e. The topological polar surface area (TPSA) is 8.81 Å². The molecule has 136 valence electrons. The number of aromatic nitrogens is 2. The Labute approximate surface area is 157 Å². The zero-order valence-corrected chi connectivity index (χ0v) is 17.1. The van der Waals surface area contributed by atoms with Crippen LogP contribution in [-0.2, 0) is 20.0 Å². The van der Waals surface area contributed by atoms with E-state index in [1.807, 2.05) is 0 Å². The van der Waals surface area contributed by atoms with Crippen LogP contribution in [0, 0.1) is 6.92 Å². The summed E-state index contributed by atoms with van der Waals surface area (Å²) in [6.07, 6.45) is 2.44. The maximum Gasteiger partial charge on any atom is 0.289 e. The Kier molecular flexibility index (Phi) is 4.17. The number of imidazole rings is 1. The van der Waals surface area contributed by atoms with Gasteiger partial charge in [0.25, 0.3) is 5.82 Å². The second kappa shape index (κ2) is 6.26. The molecule has 1 aromatic heterocycles. The SMILES string of the molecule is Cc1cc(C(C)C)ccc1-c1n(C)c2ccc(C(C)C)c3c2[n+]1CCC3. The van der Waals surface area contributed by atoms with E-state index in [0.717, 1.165) is 6.54 Å². The van der Waals surface area contributed by atoms with Crippen molar-refractivity contribution in [1.82, 2.24) is 4.57 Å². The van der Waals surface area contributed by atoms with Gasteiger partial charge < -0.3 is 0 Å². The summed E-state index contributed by atoms with van der Waals surface area (Å²) in [6, 6.07) is 11.7. The minimum Gasteiger partial charge on any atom is -0.226 e. The number of hydrogen-bond donors (Lipinski definition) is 0. The van der Waals surface area contributed by atoms with Crippen LogP contribution < -0.4 is 4.57 Å². The predicted octanol–water partition coefficient (Wildman–Crippen LogP) is 5.63. The van der Waals surface area contributed by atoms with E-state index in [2.05, 4.69) is 81.1 Å². The zero-order chi connectivity index (χ0) is 18.6. The van der Waals surface area contributed by atoms with Crippen LogP contribution in [0.3, 0.4) is 0 Å². The van der Waals surface area contributed by atoms with E-state index in [4.69, 9.17) is 0 Å². The van der Waals surface area contributed by atoms with Crippen LogP contribution in [0.4, 0.5) is 0 Å². The Morgan fingerprint density at radius 1 is 1.00 bits per heavy atom. The highest BCUT2D eigenvalue weighted by molar-refractivity contribution is 5.81. The Bertz CT molecular complexity index is 989. The van der Waals surface area contributed by atoms with E-state index in [-0.39, 0.29) is 0 Å². The van der Waals surface area contributed by atoms with Gasteiger partial charge in [0.1, 0.15) is 0 Å². The molecule has 1 aliphatic heterocycles. The molecule has 1 aliphatic rings. The molecule has 0 spiro atoms. The molecule has 0 fully saturated rings. The lowest BCUT2D eigenvalue weighted by atomic mass is 9.91. The molecule has 3 aromatic rings. The second-order valence-electron chi connectivity index (χ2n) is 8.52. The molecule has 2 heteroatoms. The van der Waals surface area contributed by atoms with Gasteiger partial charge in [-0.15, -0.1) is 0 Å². The number of rotatable bonds is 3. The van der Waals surface area contributed by atoms with Crippen LogP contribution in [0.25, 0.3) is 22.4 Å². The fourth-order valence-electron chi connectivity index (χ4n) is 4.67. The van der Waals surface area contributed by atoms with Gasteiger partial charge in [-0.05, 0) is 60.4 Å². The molecule has 0 N–H and O–H groups in total. The molecule has 0 saturated carbocycles. The summed E-state index contributed by atoms with van der Waals surface area (Å²) in [5.74, 6) is 2.51. The molecule has 0 saturated heterocycles. The van der Waals surface area contributed by atoms with Crippen molar-refractivity contribution in [2.75, 3.05) is 0 Å². The van der Waals surface area contributed by atoms with Gasteiger partial charge in [0, 0.05) is 5.56 Å². The first kappa shape index (κ1) is 17.3. The summed E-state index contributed by atoms with van der Waals surface area (Å²) >= 11 is 0. The standard InChI is InChI=1S/C24H31N2/c1-15(2)18-9-10-20(17(5)14-18)24-25(6)22-12-11-19(16(3)4)21-8-7-13-26(24)23(21)22/h9-12,14-16H,7-8,13H2,1-6H3/q+1. The normalized spacial score (nSPS) is 14.0. The Morgan fingerprint density at radius 2 is 1.77 bits per heavy atom. The van der Waals surface area contributed by atoms with Crippen molar-refractivity contribution in [3.05, 3.63) is 52.6 Å². The van der Waals surface area contributed by atoms with E-state index in [1.54, 1.807) is 5.56 Å². The van der Waals surface area contributed by atoms with E-state index in [1.165, 1.54) is 52.0 Å². The Morgan fingerprint density at radius 3 is 2.42 bits per heavy atom. The molecule has 2 nitrogen and oxygen atoms in total. The number of nitrogens with zero attached hydrogens (tertiary/aromatic N) is 2. The van der Waals surface area contributed by atoms with Crippen molar-refractivity contribution in [2.24, 2.45) is 7.05 Å². The molecular weight excluding hydrogens is 316 g/mol. The van der Waals surface area contributed by atoms with Crippen molar-refractivity contribution in [1.29, 1.82) is 0 Å². The highest BCUT2D eigenvalue weighted by Crippen LogP contribution is 2.34. The molecule has 4 rings (SSSR count). The monoisotopic (exact) mass is 347 g/mol. The molecular formula is C24H31N2+. The molecule has 0 radical (unpaired) electrons. The maximum absolute atomic E-state index is 2.58. The van der Waals surface area contributed by atoms with Gasteiger partial charge in [0.15, 0.2) is 11.0 Å². The van der Waals surface area contributed by atoms with E-state index in [0.29, 0.717) is 11.8 Å². The lowest BCUT2D eigenvalue weighted by Gasteiger charge is -2.17. The zero-order valence-electron chi connectivity index (χ0n) is 17.1. The van der Waals surface area contributed by atoms with Crippen molar-refractivity contribution < 1.29 is 4.57 Å². The molecule has 2 aromatic carbocycles. The highest BCUT2D eigenvalue weighted by Gasteiger charge is 2.31. The summed E-state index contributed by atoms with van der Waals surface area (Å²) in [6.45, 7) is 12.5. The summed E-state index contributed by atoms with van der Waals surface area (Å²) in [5.41, 5.74) is 10.1. The number of benzene rings is 2. The van der Waals surface area contributed by atoms with Gasteiger partial charge in [0.05, 0.1) is 19.2 Å². The molecule has 0 amide bonds. The maximum atomic E-state index is 2.58. The van der Waals surface area contributed by atoms with Gasteiger partial charge >= 0.3 is 0 Å². The van der Waals surface area contributed by atoms with E-state index >= 15 is 0 Å². The van der Waals surface area contributed by atoms with Crippen molar-refractivity contribution >= 4 is 11.0 Å².